The van der Waals surface area contributed by atoms with E-state index < -0.39 is 0 Å². The SMILES string of the molecule is CC(C)C(=O)Nc1ccc(CNC(=O)COc2ccccc2-c2ccccc2)cc1. The second kappa shape index (κ2) is 10.3. The highest BCUT2D eigenvalue weighted by Gasteiger charge is 2.09. The number of ether oxygens (including phenoxy) is 1. The third-order valence-electron chi connectivity index (χ3n) is 4.57. The number of hydrogen-bond donors (Lipinski definition) is 2. The summed E-state index contributed by atoms with van der Waals surface area (Å²) in [6, 6.07) is 25.0. The van der Waals surface area contributed by atoms with E-state index in [0.717, 1.165) is 22.4 Å². The van der Waals surface area contributed by atoms with Crippen LogP contribution in [-0.2, 0) is 16.1 Å². The zero-order valence-electron chi connectivity index (χ0n) is 17.2. The number of carbonyl (C=O) groups is 2. The standard InChI is InChI=1S/C25H26N2O3/c1-18(2)25(29)27-21-14-12-19(13-15-21)16-26-24(28)17-30-23-11-7-6-10-22(23)20-8-4-3-5-9-20/h3-15,18H,16-17H2,1-2H3,(H,26,28)(H,27,29). The quantitative estimate of drug-likeness (QED) is 0.577. The Morgan fingerprint density at radius 1 is 0.867 bits per heavy atom. The molecule has 0 spiro atoms. The van der Waals surface area contributed by atoms with Crippen molar-refractivity contribution >= 4 is 17.5 Å². The van der Waals surface area contributed by atoms with Crippen LogP contribution in [-0.4, -0.2) is 18.4 Å². The Kier molecular flexibility index (Phi) is 7.22. The van der Waals surface area contributed by atoms with Gasteiger partial charge >= 0.3 is 0 Å². The summed E-state index contributed by atoms with van der Waals surface area (Å²) < 4.78 is 5.77. The van der Waals surface area contributed by atoms with Gasteiger partial charge in [-0.15, -0.1) is 0 Å². The lowest BCUT2D eigenvalue weighted by Gasteiger charge is -2.12. The first-order chi connectivity index (χ1) is 14.5. The van der Waals surface area contributed by atoms with Crippen molar-refractivity contribution in [3.8, 4) is 16.9 Å². The number of nitrogens with one attached hydrogen (secondary N) is 2. The lowest BCUT2D eigenvalue weighted by Crippen LogP contribution is -2.28. The first kappa shape index (κ1) is 21.1. The fraction of sp³-hybridized carbons (Fsp3) is 0.200. The third-order valence-corrected chi connectivity index (χ3v) is 4.57. The maximum atomic E-state index is 12.2. The van der Waals surface area contributed by atoms with Crippen molar-refractivity contribution in [3.05, 3.63) is 84.4 Å². The molecular formula is C25H26N2O3. The Balaban J connectivity index is 1.51. The molecule has 3 rings (SSSR count). The van der Waals surface area contributed by atoms with E-state index in [-0.39, 0.29) is 24.3 Å². The van der Waals surface area contributed by atoms with E-state index in [9.17, 15) is 9.59 Å². The Labute approximate surface area is 177 Å². The molecule has 2 amide bonds. The van der Waals surface area contributed by atoms with Crippen LogP contribution in [0.2, 0.25) is 0 Å². The number of carbonyl (C=O) groups excluding carboxylic acids is 2. The Bertz CT molecular complexity index is 983. The Morgan fingerprint density at radius 3 is 2.23 bits per heavy atom. The van der Waals surface area contributed by atoms with E-state index in [1.807, 2.05) is 92.7 Å². The van der Waals surface area contributed by atoms with Crippen molar-refractivity contribution in [2.45, 2.75) is 20.4 Å². The van der Waals surface area contributed by atoms with E-state index in [1.165, 1.54) is 0 Å². The van der Waals surface area contributed by atoms with Crippen molar-refractivity contribution in [3.63, 3.8) is 0 Å². The van der Waals surface area contributed by atoms with Crippen LogP contribution in [0.5, 0.6) is 5.75 Å². The summed E-state index contributed by atoms with van der Waals surface area (Å²) in [7, 11) is 0. The van der Waals surface area contributed by atoms with Gasteiger partial charge in [0, 0.05) is 23.7 Å². The molecule has 0 saturated heterocycles. The molecule has 0 aromatic heterocycles. The molecule has 0 aliphatic heterocycles. The molecule has 0 aliphatic carbocycles. The molecule has 30 heavy (non-hydrogen) atoms. The van der Waals surface area contributed by atoms with Crippen molar-refractivity contribution in [2.75, 3.05) is 11.9 Å². The predicted octanol–water partition coefficient (Wildman–Crippen LogP) is 4.64. The molecular weight excluding hydrogens is 376 g/mol. The lowest BCUT2D eigenvalue weighted by atomic mass is 10.1. The molecule has 5 heteroatoms. The molecule has 0 radical (unpaired) electrons. The lowest BCUT2D eigenvalue weighted by molar-refractivity contribution is -0.123. The van der Waals surface area contributed by atoms with Crippen LogP contribution >= 0.6 is 0 Å². The molecule has 5 nitrogen and oxygen atoms in total. The van der Waals surface area contributed by atoms with Crippen LogP contribution in [0, 0.1) is 5.92 Å². The van der Waals surface area contributed by atoms with Crippen LogP contribution in [0.3, 0.4) is 0 Å². The van der Waals surface area contributed by atoms with Gasteiger partial charge in [-0.3, -0.25) is 9.59 Å². The van der Waals surface area contributed by atoms with E-state index in [4.69, 9.17) is 4.74 Å². The third kappa shape index (κ3) is 5.95. The molecule has 0 aliphatic rings. The summed E-state index contributed by atoms with van der Waals surface area (Å²) >= 11 is 0. The first-order valence-electron chi connectivity index (χ1n) is 9.96. The zero-order chi connectivity index (χ0) is 21.3. The number of anilines is 1. The van der Waals surface area contributed by atoms with Crippen LogP contribution in [0.1, 0.15) is 19.4 Å². The number of benzene rings is 3. The predicted molar refractivity (Wildman–Crippen MR) is 119 cm³/mol. The smallest absolute Gasteiger partial charge is 0.258 e. The van der Waals surface area contributed by atoms with E-state index in [1.54, 1.807) is 0 Å². The van der Waals surface area contributed by atoms with Crippen LogP contribution in [0.25, 0.3) is 11.1 Å². The summed E-state index contributed by atoms with van der Waals surface area (Å²) in [5, 5.41) is 5.70. The van der Waals surface area contributed by atoms with Crippen molar-refractivity contribution in [1.29, 1.82) is 0 Å². The normalized spacial score (nSPS) is 10.5. The molecule has 3 aromatic carbocycles. The maximum absolute atomic E-state index is 12.2. The second-order valence-corrected chi connectivity index (χ2v) is 7.27. The van der Waals surface area contributed by atoms with Gasteiger partial charge in [0.2, 0.25) is 5.91 Å². The van der Waals surface area contributed by atoms with Crippen LogP contribution in [0.15, 0.2) is 78.9 Å². The minimum Gasteiger partial charge on any atom is -0.483 e. The number of para-hydroxylation sites is 1. The topological polar surface area (TPSA) is 67.4 Å². The summed E-state index contributed by atoms with van der Waals surface area (Å²) in [5.74, 6) is 0.374. The molecule has 0 atom stereocenters. The number of rotatable bonds is 8. The minimum atomic E-state index is -0.199. The minimum absolute atomic E-state index is 0.0241. The van der Waals surface area contributed by atoms with Gasteiger partial charge in [0.15, 0.2) is 6.61 Å². The highest BCUT2D eigenvalue weighted by molar-refractivity contribution is 5.92. The molecule has 2 N–H and O–H groups in total. The summed E-state index contributed by atoms with van der Waals surface area (Å²) in [6.45, 7) is 4.02. The molecule has 3 aromatic rings. The molecule has 0 fully saturated rings. The van der Waals surface area contributed by atoms with Gasteiger partial charge in [-0.05, 0) is 29.3 Å². The Hall–Kier alpha value is -3.60. The van der Waals surface area contributed by atoms with Crippen LogP contribution < -0.4 is 15.4 Å². The highest BCUT2D eigenvalue weighted by atomic mass is 16.5. The Morgan fingerprint density at radius 2 is 1.53 bits per heavy atom. The fourth-order valence-electron chi connectivity index (χ4n) is 2.84. The van der Waals surface area contributed by atoms with E-state index >= 15 is 0 Å². The van der Waals surface area contributed by atoms with Gasteiger partial charge < -0.3 is 15.4 Å². The van der Waals surface area contributed by atoms with Crippen molar-refractivity contribution in [1.82, 2.24) is 5.32 Å². The number of amides is 2. The van der Waals surface area contributed by atoms with Gasteiger partial charge in [0.25, 0.3) is 5.91 Å². The average molecular weight is 402 g/mol. The first-order valence-corrected chi connectivity index (χ1v) is 9.96. The summed E-state index contributed by atoms with van der Waals surface area (Å²) in [5.41, 5.74) is 3.67. The fourth-order valence-corrected chi connectivity index (χ4v) is 2.84. The van der Waals surface area contributed by atoms with E-state index in [2.05, 4.69) is 10.6 Å². The molecule has 0 bridgehead atoms. The van der Waals surface area contributed by atoms with Gasteiger partial charge in [-0.1, -0.05) is 74.5 Å². The zero-order valence-corrected chi connectivity index (χ0v) is 17.2. The second-order valence-electron chi connectivity index (χ2n) is 7.27. The highest BCUT2D eigenvalue weighted by Crippen LogP contribution is 2.29. The summed E-state index contributed by atoms with van der Waals surface area (Å²) in [6.07, 6.45) is 0. The molecule has 0 heterocycles. The largest absolute Gasteiger partial charge is 0.483 e. The average Bonchev–Trinajstić information content (AvgIpc) is 2.78. The molecule has 154 valence electrons. The molecule has 0 unspecified atom stereocenters. The van der Waals surface area contributed by atoms with Gasteiger partial charge in [0.1, 0.15) is 5.75 Å². The maximum Gasteiger partial charge on any atom is 0.258 e. The van der Waals surface area contributed by atoms with E-state index in [0.29, 0.717) is 12.3 Å². The van der Waals surface area contributed by atoms with Crippen LogP contribution in [0.4, 0.5) is 5.69 Å². The van der Waals surface area contributed by atoms with Gasteiger partial charge in [0.05, 0.1) is 0 Å². The summed E-state index contributed by atoms with van der Waals surface area (Å²) in [4.78, 5) is 24.0. The number of hydrogen-bond acceptors (Lipinski definition) is 3. The van der Waals surface area contributed by atoms with Crippen molar-refractivity contribution in [2.24, 2.45) is 5.92 Å². The van der Waals surface area contributed by atoms with Gasteiger partial charge in [-0.25, -0.2) is 0 Å². The van der Waals surface area contributed by atoms with Crippen molar-refractivity contribution < 1.29 is 14.3 Å². The molecule has 0 saturated carbocycles. The monoisotopic (exact) mass is 402 g/mol. The van der Waals surface area contributed by atoms with Gasteiger partial charge in [-0.2, -0.15) is 0 Å².